The Morgan fingerprint density at radius 1 is 1.36 bits per heavy atom. The molecule has 0 radical (unpaired) electrons. The molecule has 0 saturated heterocycles. The number of hydrogen-bond acceptors (Lipinski definition) is 2. The van der Waals surface area contributed by atoms with Crippen LogP contribution in [0.2, 0.25) is 0 Å². The molecule has 1 aromatic carbocycles. The van der Waals surface area contributed by atoms with Gasteiger partial charge in [-0.15, -0.1) is 12.4 Å². The number of benzene rings is 1. The fourth-order valence-corrected chi connectivity index (χ4v) is 3.01. The highest BCUT2D eigenvalue weighted by molar-refractivity contribution is 5.85. The van der Waals surface area contributed by atoms with Crippen molar-refractivity contribution >= 4 is 18.3 Å². The Kier molecular flexibility index (Phi) is 4.78. The van der Waals surface area contributed by atoms with Crippen molar-refractivity contribution in [3.63, 3.8) is 0 Å². The van der Waals surface area contributed by atoms with Gasteiger partial charge < -0.3 is 11.1 Å². The first-order valence-corrected chi connectivity index (χ1v) is 7.41. The fourth-order valence-electron chi connectivity index (χ4n) is 3.01. The molecule has 3 rings (SSSR count). The van der Waals surface area contributed by atoms with Crippen molar-refractivity contribution in [2.75, 3.05) is 6.54 Å². The van der Waals surface area contributed by atoms with Gasteiger partial charge in [0.1, 0.15) is 0 Å². The van der Waals surface area contributed by atoms with E-state index in [9.17, 15) is 13.6 Å². The molecule has 2 aliphatic rings. The number of nitrogens with one attached hydrogen (secondary N) is 1. The summed E-state index contributed by atoms with van der Waals surface area (Å²) in [5.74, 6) is -1.44. The molecule has 0 aliphatic heterocycles. The van der Waals surface area contributed by atoms with Gasteiger partial charge in [0.05, 0.1) is 5.54 Å². The molecule has 0 bridgehead atoms. The summed E-state index contributed by atoms with van der Waals surface area (Å²) in [6.45, 7) is 2.41. The smallest absolute Gasteiger partial charge is 0.224 e. The second-order valence-corrected chi connectivity index (χ2v) is 6.51. The minimum Gasteiger partial charge on any atom is -0.349 e. The van der Waals surface area contributed by atoms with E-state index in [4.69, 9.17) is 5.73 Å². The fraction of sp³-hybridized carbons (Fsp3) is 0.562. The third-order valence-corrected chi connectivity index (χ3v) is 4.81. The molecular formula is C16H21ClF2N2O. The molecule has 0 heterocycles. The zero-order valence-corrected chi connectivity index (χ0v) is 13.3. The number of nitrogens with two attached hydrogens (primary N) is 1. The summed E-state index contributed by atoms with van der Waals surface area (Å²) in [6, 6.07) is 3.86. The van der Waals surface area contributed by atoms with Crippen molar-refractivity contribution in [2.24, 2.45) is 17.6 Å². The van der Waals surface area contributed by atoms with E-state index in [1.54, 1.807) is 6.07 Å². The van der Waals surface area contributed by atoms with E-state index in [1.165, 1.54) is 6.07 Å². The average molecular weight is 331 g/mol. The molecule has 1 aromatic rings. The van der Waals surface area contributed by atoms with Crippen LogP contribution in [0.1, 0.15) is 37.7 Å². The largest absolute Gasteiger partial charge is 0.349 e. The molecule has 2 aliphatic carbocycles. The Morgan fingerprint density at radius 3 is 2.59 bits per heavy atom. The van der Waals surface area contributed by atoms with E-state index in [0.29, 0.717) is 24.4 Å². The molecule has 0 spiro atoms. The zero-order chi connectivity index (χ0) is 15.2. The highest BCUT2D eigenvalue weighted by Crippen LogP contribution is 2.48. The van der Waals surface area contributed by atoms with Gasteiger partial charge in [-0.05, 0) is 55.7 Å². The van der Waals surface area contributed by atoms with Gasteiger partial charge in [-0.1, -0.05) is 6.07 Å². The van der Waals surface area contributed by atoms with Gasteiger partial charge in [0, 0.05) is 12.5 Å². The van der Waals surface area contributed by atoms with E-state index in [2.05, 4.69) is 5.32 Å². The van der Waals surface area contributed by atoms with Crippen LogP contribution in [0.4, 0.5) is 8.78 Å². The Hall–Kier alpha value is -1.20. The summed E-state index contributed by atoms with van der Waals surface area (Å²) >= 11 is 0. The molecule has 1 amide bonds. The van der Waals surface area contributed by atoms with Crippen LogP contribution in [0.25, 0.3) is 0 Å². The molecule has 3 N–H and O–H groups in total. The van der Waals surface area contributed by atoms with Crippen LogP contribution < -0.4 is 11.1 Å². The van der Waals surface area contributed by atoms with Crippen molar-refractivity contribution in [1.29, 1.82) is 0 Å². The van der Waals surface area contributed by atoms with Gasteiger partial charge in [0.2, 0.25) is 5.91 Å². The molecule has 122 valence electrons. The zero-order valence-electron chi connectivity index (χ0n) is 12.4. The number of rotatable bonds is 5. The van der Waals surface area contributed by atoms with Gasteiger partial charge in [-0.2, -0.15) is 0 Å². The standard InChI is InChI=1S/C16H20F2N2O.ClH/c1-16(8-19,10-3-4-10)20-15(21)12-7-11(12)9-2-5-13(17)14(18)6-9;/h2,5-6,10-12H,3-4,7-8,19H2,1H3,(H,20,21);1H. The van der Waals surface area contributed by atoms with E-state index in [-0.39, 0.29) is 35.7 Å². The van der Waals surface area contributed by atoms with Crippen molar-refractivity contribution in [3.8, 4) is 0 Å². The van der Waals surface area contributed by atoms with Crippen LogP contribution in [0.15, 0.2) is 18.2 Å². The van der Waals surface area contributed by atoms with Crippen LogP contribution in [0.5, 0.6) is 0 Å². The second kappa shape index (κ2) is 6.13. The highest BCUT2D eigenvalue weighted by Gasteiger charge is 2.48. The Balaban J connectivity index is 0.00000176. The number of halogens is 3. The lowest BCUT2D eigenvalue weighted by Crippen LogP contribution is -2.53. The maximum absolute atomic E-state index is 13.2. The second-order valence-electron chi connectivity index (χ2n) is 6.51. The maximum atomic E-state index is 13.2. The molecule has 22 heavy (non-hydrogen) atoms. The lowest BCUT2D eigenvalue weighted by Gasteiger charge is -2.29. The van der Waals surface area contributed by atoms with Crippen LogP contribution in [-0.4, -0.2) is 18.0 Å². The van der Waals surface area contributed by atoms with Gasteiger partial charge in [0.15, 0.2) is 11.6 Å². The molecule has 3 atom stereocenters. The number of carbonyl (C=O) groups is 1. The first-order chi connectivity index (χ1) is 9.94. The first kappa shape index (κ1) is 17.2. The summed E-state index contributed by atoms with van der Waals surface area (Å²) in [5, 5.41) is 3.06. The normalized spacial score (nSPS) is 25.8. The first-order valence-electron chi connectivity index (χ1n) is 7.41. The molecule has 2 fully saturated rings. The number of amides is 1. The van der Waals surface area contributed by atoms with Crippen molar-refractivity contribution in [3.05, 3.63) is 35.4 Å². The lowest BCUT2D eigenvalue weighted by molar-refractivity contribution is -0.124. The highest BCUT2D eigenvalue weighted by atomic mass is 35.5. The Bertz CT molecular complexity index is 579. The Morgan fingerprint density at radius 2 is 2.05 bits per heavy atom. The quantitative estimate of drug-likeness (QED) is 0.872. The summed E-state index contributed by atoms with van der Waals surface area (Å²) in [5.41, 5.74) is 6.15. The Labute approximate surface area is 135 Å². The number of hydrogen-bond donors (Lipinski definition) is 2. The van der Waals surface area contributed by atoms with Gasteiger partial charge in [-0.25, -0.2) is 8.78 Å². The van der Waals surface area contributed by atoms with E-state index in [1.807, 2.05) is 6.92 Å². The third-order valence-electron chi connectivity index (χ3n) is 4.81. The van der Waals surface area contributed by atoms with Gasteiger partial charge >= 0.3 is 0 Å². The summed E-state index contributed by atoms with van der Waals surface area (Å²) in [7, 11) is 0. The van der Waals surface area contributed by atoms with Gasteiger partial charge in [-0.3, -0.25) is 4.79 Å². The monoisotopic (exact) mass is 330 g/mol. The molecule has 0 aromatic heterocycles. The van der Waals surface area contributed by atoms with Crippen LogP contribution >= 0.6 is 12.4 Å². The van der Waals surface area contributed by atoms with Gasteiger partial charge in [0.25, 0.3) is 0 Å². The summed E-state index contributed by atoms with van der Waals surface area (Å²) in [6.07, 6.45) is 2.89. The molecule has 3 nitrogen and oxygen atoms in total. The predicted octanol–water partition coefficient (Wildman–Crippen LogP) is 2.73. The molecule has 6 heteroatoms. The van der Waals surface area contributed by atoms with E-state index < -0.39 is 11.6 Å². The van der Waals surface area contributed by atoms with E-state index in [0.717, 1.165) is 18.9 Å². The predicted molar refractivity (Wildman–Crippen MR) is 82.8 cm³/mol. The minimum absolute atomic E-state index is 0. The topological polar surface area (TPSA) is 55.1 Å². The van der Waals surface area contributed by atoms with Crippen LogP contribution in [0.3, 0.4) is 0 Å². The number of carbonyl (C=O) groups excluding carboxylic acids is 1. The molecule has 2 saturated carbocycles. The minimum atomic E-state index is -0.858. The van der Waals surface area contributed by atoms with E-state index >= 15 is 0 Å². The SMILES string of the molecule is CC(CN)(NC(=O)C1CC1c1ccc(F)c(F)c1)C1CC1.Cl. The lowest BCUT2D eigenvalue weighted by atomic mass is 9.95. The molecular weight excluding hydrogens is 310 g/mol. The average Bonchev–Trinajstić information content (AvgIpc) is 3.32. The van der Waals surface area contributed by atoms with Crippen LogP contribution in [0, 0.1) is 23.5 Å². The maximum Gasteiger partial charge on any atom is 0.224 e. The van der Waals surface area contributed by atoms with Crippen LogP contribution in [-0.2, 0) is 4.79 Å². The summed E-state index contributed by atoms with van der Waals surface area (Å²) in [4.78, 5) is 12.3. The van der Waals surface area contributed by atoms with Crippen molar-refractivity contribution < 1.29 is 13.6 Å². The van der Waals surface area contributed by atoms with Crippen molar-refractivity contribution in [1.82, 2.24) is 5.32 Å². The summed E-state index contributed by atoms with van der Waals surface area (Å²) < 4.78 is 26.2. The molecule has 3 unspecified atom stereocenters. The van der Waals surface area contributed by atoms with Crippen molar-refractivity contribution in [2.45, 2.75) is 37.6 Å². The third kappa shape index (κ3) is 3.25.